The Kier molecular flexibility index (Phi) is 4.42. The highest BCUT2D eigenvalue weighted by Crippen LogP contribution is 2.34. The first-order chi connectivity index (χ1) is 14.6. The molecule has 1 fully saturated rings. The second-order valence-electron chi connectivity index (χ2n) is 7.65. The van der Waals surface area contributed by atoms with Gasteiger partial charge in [0.05, 0.1) is 35.7 Å². The summed E-state index contributed by atoms with van der Waals surface area (Å²) in [6, 6.07) is 8.18. The van der Waals surface area contributed by atoms with Crippen molar-refractivity contribution >= 4 is 28.6 Å². The minimum atomic E-state index is -0.161. The number of aromatic amines is 1. The van der Waals surface area contributed by atoms with Crippen molar-refractivity contribution in [3.05, 3.63) is 59.7 Å². The molecule has 3 heterocycles. The van der Waals surface area contributed by atoms with Gasteiger partial charge in [-0.05, 0) is 44.4 Å². The Morgan fingerprint density at radius 3 is 3.00 bits per heavy atom. The minimum absolute atomic E-state index is 0.0292. The molecule has 3 N–H and O–H groups in total. The van der Waals surface area contributed by atoms with E-state index in [-0.39, 0.29) is 11.9 Å². The molecule has 1 aromatic carbocycles. The Morgan fingerprint density at radius 2 is 2.17 bits per heavy atom. The van der Waals surface area contributed by atoms with Crippen LogP contribution in [0.15, 0.2) is 42.9 Å². The number of nitrogens with zero attached hydrogens (tertiary/aromatic N) is 5. The van der Waals surface area contributed by atoms with Gasteiger partial charge in [0.25, 0.3) is 5.91 Å². The molecule has 1 aliphatic carbocycles. The van der Waals surface area contributed by atoms with E-state index in [9.17, 15) is 4.79 Å². The van der Waals surface area contributed by atoms with Gasteiger partial charge in [-0.3, -0.25) is 14.6 Å². The molecule has 0 radical (unpaired) electrons. The predicted molar refractivity (Wildman–Crippen MR) is 113 cm³/mol. The van der Waals surface area contributed by atoms with Gasteiger partial charge >= 0.3 is 0 Å². The van der Waals surface area contributed by atoms with Gasteiger partial charge in [-0.25, -0.2) is 9.97 Å². The van der Waals surface area contributed by atoms with E-state index in [4.69, 9.17) is 0 Å². The Bertz CT molecular complexity index is 1220. The van der Waals surface area contributed by atoms with Crippen LogP contribution in [-0.4, -0.2) is 35.9 Å². The average molecular weight is 402 g/mol. The number of benzene rings is 1. The summed E-state index contributed by atoms with van der Waals surface area (Å²) in [5.74, 6) is 0.507. The molecule has 5 rings (SSSR count). The van der Waals surface area contributed by atoms with E-state index in [0.717, 1.165) is 35.3 Å². The fourth-order valence-corrected chi connectivity index (χ4v) is 3.37. The van der Waals surface area contributed by atoms with Crippen LogP contribution in [0.1, 0.15) is 53.5 Å². The highest BCUT2D eigenvalue weighted by atomic mass is 16.1. The molecule has 1 amide bonds. The highest BCUT2D eigenvalue weighted by molar-refractivity contribution is 6.04. The number of H-pyrrole nitrogens is 1. The number of aryl methyl sites for hydroxylation is 1. The quantitative estimate of drug-likeness (QED) is 0.454. The molecular weight excluding hydrogens is 380 g/mol. The molecule has 3 aromatic heterocycles. The zero-order valence-corrected chi connectivity index (χ0v) is 16.8. The van der Waals surface area contributed by atoms with Crippen molar-refractivity contribution in [1.29, 1.82) is 0 Å². The Hall–Kier alpha value is -3.75. The van der Waals surface area contributed by atoms with Crippen LogP contribution in [-0.2, 0) is 0 Å². The van der Waals surface area contributed by atoms with Crippen LogP contribution >= 0.6 is 0 Å². The lowest BCUT2D eigenvalue weighted by Gasteiger charge is -2.16. The zero-order chi connectivity index (χ0) is 20.7. The lowest BCUT2D eigenvalue weighted by molar-refractivity contribution is 0.102. The van der Waals surface area contributed by atoms with Crippen LogP contribution in [0.5, 0.6) is 0 Å². The maximum absolute atomic E-state index is 12.6. The standard InChI is InChI=1S/C21H22N8O/c1-12(24-18-10-22-20-19(26-18)13(2)27-28-20)14-4-3-5-16(8-14)25-21(30)15-9-23-29(11-15)17-6-7-17/h3-5,8-12,17H,6-7H2,1-2H3,(H,24,26)(H,25,30)(H,22,27,28)/t12-/m0/s1. The summed E-state index contributed by atoms with van der Waals surface area (Å²) >= 11 is 0. The summed E-state index contributed by atoms with van der Waals surface area (Å²) in [5, 5.41) is 17.6. The van der Waals surface area contributed by atoms with Crippen LogP contribution < -0.4 is 10.6 Å². The van der Waals surface area contributed by atoms with Crippen LogP contribution in [0.3, 0.4) is 0 Å². The molecule has 0 saturated heterocycles. The number of rotatable bonds is 6. The molecule has 0 unspecified atom stereocenters. The Balaban J connectivity index is 1.29. The molecule has 9 nitrogen and oxygen atoms in total. The molecular formula is C21H22N8O. The number of amides is 1. The van der Waals surface area contributed by atoms with Crippen LogP contribution in [0.2, 0.25) is 0 Å². The molecule has 1 saturated carbocycles. The van der Waals surface area contributed by atoms with Gasteiger partial charge < -0.3 is 10.6 Å². The van der Waals surface area contributed by atoms with Crippen LogP contribution in [0, 0.1) is 6.92 Å². The molecule has 1 atom stereocenters. The van der Waals surface area contributed by atoms with Crippen molar-refractivity contribution in [2.45, 2.75) is 38.8 Å². The van der Waals surface area contributed by atoms with Crippen molar-refractivity contribution in [3.63, 3.8) is 0 Å². The molecule has 0 spiro atoms. The highest BCUT2D eigenvalue weighted by Gasteiger charge is 2.25. The smallest absolute Gasteiger partial charge is 0.258 e. The molecule has 1 aliphatic rings. The summed E-state index contributed by atoms with van der Waals surface area (Å²) in [4.78, 5) is 21.5. The number of anilines is 2. The van der Waals surface area contributed by atoms with Gasteiger partial charge in [0, 0.05) is 11.9 Å². The summed E-state index contributed by atoms with van der Waals surface area (Å²) in [6.45, 7) is 3.93. The van der Waals surface area contributed by atoms with Crippen molar-refractivity contribution in [2.24, 2.45) is 0 Å². The first kappa shape index (κ1) is 18.3. The zero-order valence-electron chi connectivity index (χ0n) is 16.8. The third kappa shape index (κ3) is 3.61. The SMILES string of the molecule is Cc1n[nH]c2ncc(N[C@@H](C)c3cccc(NC(=O)c4cnn(C5CC5)c4)c3)nc12. The normalized spacial score (nSPS) is 14.6. The number of aromatic nitrogens is 6. The predicted octanol–water partition coefficient (Wildman–Crippen LogP) is 3.62. The van der Waals surface area contributed by atoms with E-state index in [1.807, 2.05) is 49.0 Å². The average Bonchev–Trinajstić information content (AvgIpc) is 3.36. The molecule has 30 heavy (non-hydrogen) atoms. The van der Waals surface area contributed by atoms with E-state index in [1.165, 1.54) is 0 Å². The van der Waals surface area contributed by atoms with Crippen molar-refractivity contribution in [2.75, 3.05) is 10.6 Å². The summed E-state index contributed by atoms with van der Waals surface area (Å²) in [6.07, 6.45) is 7.38. The van der Waals surface area contributed by atoms with E-state index < -0.39 is 0 Å². The molecule has 4 aromatic rings. The molecule has 9 heteroatoms. The first-order valence-corrected chi connectivity index (χ1v) is 9.96. The number of carbonyl (C=O) groups excluding carboxylic acids is 1. The van der Waals surface area contributed by atoms with E-state index in [1.54, 1.807) is 12.4 Å². The van der Waals surface area contributed by atoms with Crippen molar-refractivity contribution < 1.29 is 4.79 Å². The van der Waals surface area contributed by atoms with Crippen LogP contribution in [0.4, 0.5) is 11.5 Å². The number of hydrogen-bond donors (Lipinski definition) is 3. The van der Waals surface area contributed by atoms with Crippen molar-refractivity contribution in [3.8, 4) is 0 Å². The summed E-state index contributed by atoms with van der Waals surface area (Å²) < 4.78 is 1.87. The fraction of sp³-hybridized carbons (Fsp3) is 0.286. The number of fused-ring (bicyclic) bond motifs is 1. The topological polar surface area (TPSA) is 113 Å². The fourth-order valence-electron chi connectivity index (χ4n) is 3.37. The summed E-state index contributed by atoms with van der Waals surface area (Å²) in [7, 11) is 0. The van der Waals surface area contributed by atoms with Crippen LogP contribution in [0.25, 0.3) is 11.2 Å². The van der Waals surface area contributed by atoms with Gasteiger partial charge in [-0.2, -0.15) is 10.2 Å². The molecule has 0 aliphatic heterocycles. The number of carbonyl (C=O) groups is 1. The van der Waals surface area contributed by atoms with Gasteiger partial charge in [0.1, 0.15) is 11.3 Å². The summed E-state index contributed by atoms with van der Waals surface area (Å²) in [5.41, 5.74) is 4.55. The maximum Gasteiger partial charge on any atom is 0.258 e. The number of hydrogen-bond acceptors (Lipinski definition) is 6. The second-order valence-corrected chi connectivity index (χ2v) is 7.65. The largest absolute Gasteiger partial charge is 0.362 e. The third-order valence-electron chi connectivity index (χ3n) is 5.24. The maximum atomic E-state index is 12.6. The van der Waals surface area contributed by atoms with Crippen molar-refractivity contribution in [1.82, 2.24) is 29.9 Å². The monoisotopic (exact) mass is 402 g/mol. The molecule has 0 bridgehead atoms. The Morgan fingerprint density at radius 1 is 1.30 bits per heavy atom. The number of nitrogens with one attached hydrogen (secondary N) is 3. The van der Waals surface area contributed by atoms with E-state index in [2.05, 4.69) is 35.9 Å². The van der Waals surface area contributed by atoms with Gasteiger partial charge in [-0.15, -0.1) is 0 Å². The van der Waals surface area contributed by atoms with Gasteiger partial charge in [-0.1, -0.05) is 12.1 Å². The van der Waals surface area contributed by atoms with Gasteiger partial charge in [0.2, 0.25) is 0 Å². The van der Waals surface area contributed by atoms with E-state index >= 15 is 0 Å². The van der Waals surface area contributed by atoms with E-state index in [0.29, 0.717) is 23.1 Å². The lowest BCUT2D eigenvalue weighted by atomic mass is 10.1. The Labute approximate surface area is 172 Å². The second kappa shape index (κ2) is 7.25. The molecule has 152 valence electrons. The lowest BCUT2D eigenvalue weighted by Crippen LogP contribution is -2.12. The third-order valence-corrected chi connectivity index (χ3v) is 5.24. The minimum Gasteiger partial charge on any atom is -0.362 e. The van der Waals surface area contributed by atoms with Gasteiger partial charge in [0.15, 0.2) is 5.65 Å². The first-order valence-electron chi connectivity index (χ1n) is 9.96.